The van der Waals surface area contributed by atoms with Gasteiger partial charge in [0.25, 0.3) is 5.91 Å². The lowest BCUT2D eigenvalue weighted by atomic mass is 9.72. The number of carbonyl (C=O) groups excluding carboxylic acids is 6. The van der Waals surface area contributed by atoms with Crippen molar-refractivity contribution in [2.24, 2.45) is 47.3 Å². The van der Waals surface area contributed by atoms with E-state index in [-0.39, 0.29) is 73.2 Å². The standard InChI is InChI=1S/C60H92FN5O13/c1-11-43-29-38(7)60(78,64-55(43)73)41(10)53(71)37(6)24-27-49(69)35(4)19-14-12-15-20-36(5)51-23-17-13-16-22-50(70)40(9)54(72)46(26-25-39(8)67)56(74)63-52(34(2)3)57(75)62-48(32-42-30-44(61)33-45(68)31-42)58(76)66-28-18-21-47(65-66)59(77)79-51/h12-13,15-17,20,22,30-31,33-35,37-38,40-41,43,46-54,65,68-72,78H,11,14,18-19,21,23-29,32H2,1-10H3,(H,62,75)(H,63,74)(H,64,73)/b15-12+,17-13+,22-16+,36-20+/t35?,37?,38-,40?,41?,43?,46?,47?,48?,49?,50-,51-,52?,53?,54?,60+/m0/s1. The molecule has 4 amide bonds. The van der Waals surface area contributed by atoms with E-state index in [1.54, 1.807) is 52.8 Å². The lowest BCUT2D eigenvalue weighted by Gasteiger charge is -2.47. The number of carbonyl (C=O) groups is 6. The molecular formula is C60H92FN5O13. The van der Waals surface area contributed by atoms with E-state index < -0.39 is 113 Å². The number of phenols is 1. The molecule has 16 atom stereocenters. The van der Waals surface area contributed by atoms with Crippen LogP contribution in [0.25, 0.3) is 0 Å². The normalized spacial score (nSPS) is 31.1. The van der Waals surface area contributed by atoms with Gasteiger partial charge in [-0.1, -0.05) is 97.9 Å². The highest BCUT2D eigenvalue weighted by molar-refractivity contribution is 5.93. The van der Waals surface area contributed by atoms with Gasteiger partial charge in [-0.05, 0) is 113 Å². The number of Topliss-reactive ketones (excluding diaryl/α,β-unsaturated/α-hetero) is 1. The zero-order valence-electron chi connectivity index (χ0n) is 48.1. The van der Waals surface area contributed by atoms with Gasteiger partial charge >= 0.3 is 5.97 Å². The summed E-state index contributed by atoms with van der Waals surface area (Å²) in [6, 6.07) is -0.418. The van der Waals surface area contributed by atoms with Crippen molar-refractivity contribution < 1.29 is 68.5 Å². The van der Waals surface area contributed by atoms with Crippen LogP contribution in [-0.4, -0.2) is 132 Å². The maximum atomic E-state index is 14.6. The number of nitrogens with one attached hydrogen (secondary N) is 4. The number of ether oxygens (including phenoxy) is 1. The molecule has 79 heavy (non-hydrogen) atoms. The number of aliphatic hydroxyl groups excluding tert-OH is 4. The molecule has 3 aliphatic rings. The summed E-state index contributed by atoms with van der Waals surface area (Å²) in [5.41, 5.74) is 2.29. The van der Waals surface area contributed by atoms with Gasteiger partial charge in [0.1, 0.15) is 47.3 Å². The number of hydrogen-bond donors (Lipinski definition) is 10. The fourth-order valence-electron chi connectivity index (χ4n) is 10.8. The first-order chi connectivity index (χ1) is 37.2. The first kappa shape index (κ1) is 66.2. The van der Waals surface area contributed by atoms with Gasteiger partial charge in [-0.3, -0.25) is 29.0 Å². The van der Waals surface area contributed by atoms with E-state index in [4.69, 9.17) is 4.74 Å². The van der Waals surface area contributed by atoms with Crippen LogP contribution < -0.4 is 21.4 Å². The van der Waals surface area contributed by atoms with Gasteiger partial charge in [-0.25, -0.2) is 9.82 Å². The SMILES string of the molecule is CCC1C[C@H](C)[C@@](O)(C(C)C(O)C(C)CCC(O)C(C)CC/C=C/C=C(\C)[C@@H]2C/C=C/C=C/[C@H](O)C(C)C(O)C(CCC(C)=O)C(=O)NC(C(C)C)C(=O)NC(Cc3cc(O)cc(F)c3)C(=O)N3CCCC(N3)C(=O)O2)NC1=O. The molecule has 10 N–H and O–H groups in total. The predicted molar refractivity (Wildman–Crippen MR) is 297 cm³/mol. The molecule has 1 aromatic carbocycles. The number of benzene rings is 1. The van der Waals surface area contributed by atoms with Crippen LogP contribution in [0.5, 0.6) is 5.75 Å². The van der Waals surface area contributed by atoms with E-state index in [2.05, 4.69) is 21.4 Å². The molecule has 2 bridgehead atoms. The number of hydrogen-bond acceptors (Lipinski definition) is 14. The number of rotatable bonds is 19. The van der Waals surface area contributed by atoms with E-state index in [0.29, 0.717) is 56.9 Å². The summed E-state index contributed by atoms with van der Waals surface area (Å²) in [7, 11) is 0. The van der Waals surface area contributed by atoms with E-state index in [0.717, 1.165) is 12.1 Å². The minimum absolute atomic E-state index is 0.0695. The molecule has 0 aliphatic carbocycles. The number of allylic oxidation sites excluding steroid dienone is 5. The van der Waals surface area contributed by atoms with Crippen LogP contribution in [0.4, 0.5) is 4.39 Å². The number of piperidine rings is 1. The first-order valence-electron chi connectivity index (χ1n) is 28.5. The third-order valence-electron chi connectivity index (χ3n) is 16.5. The number of amides is 4. The van der Waals surface area contributed by atoms with Crippen molar-refractivity contribution in [2.75, 3.05) is 6.54 Å². The Morgan fingerprint density at radius 1 is 0.937 bits per heavy atom. The Bertz CT molecular complexity index is 2320. The summed E-state index contributed by atoms with van der Waals surface area (Å²) in [4.78, 5) is 81.6. The number of hydrazine groups is 1. The second kappa shape index (κ2) is 31.0. The Kier molecular flexibility index (Phi) is 26.0. The molecule has 1 aromatic rings. The van der Waals surface area contributed by atoms with E-state index in [1.807, 2.05) is 45.9 Å². The number of halogens is 1. The van der Waals surface area contributed by atoms with Crippen LogP contribution in [0.15, 0.2) is 66.3 Å². The molecule has 3 heterocycles. The molecule has 0 spiro atoms. The van der Waals surface area contributed by atoms with Crippen molar-refractivity contribution >= 4 is 35.4 Å². The van der Waals surface area contributed by atoms with Gasteiger partial charge in [0.15, 0.2) is 0 Å². The lowest BCUT2D eigenvalue weighted by molar-refractivity contribution is -0.170. The molecular weight excluding hydrogens is 1020 g/mol. The van der Waals surface area contributed by atoms with Crippen LogP contribution in [0, 0.1) is 53.2 Å². The maximum absolute atomic E-state index is 14.6. The Morgan fingerprint density at radius 3 is 2.30 bits per heavy atom. The maximum Gasteiger partial charge on any atom is 0.325 e. The summed E-state index contributed by atoms with van der Waals surface area (Å²) in [5.74, 6) is -8.63. The minimum Gasteiger partial charge on any atom is -0.508 e. The van der Waals surface area contributed by atoms with Gasteiger partial charge in [-0.2, -0.15) is 0 Å². The van der Waals surface area contributed by atoms with Crippen molar-refractivity contribution in [3.8, 4) is 5.75 Å². The van der Waals surface area contributed by atoms with Gasteiger partial charge in [0.2, 0.25) is 17.7 Å². The van der Waals surface area contributed by atoms with Crippen LogP contribution in [-0.2, 0) is 39.9 Å². The number of aromatic hydroxyl groups is 1. The highest BCUT2D eigenvalue weighted by atomic mass is 19.1. The van der Waals surface area contributed by atoms with Crippen molar-refractivity contribution in [1.29, 1.82) is 0 Å². The summed E-state index contributed by atoms with van der Waals surface area (Å²) >= 11 is 0. The van der Waals surface area contributed by atoms with Crippen molar-refractivity contribution in [1.82, 2.24) is 26.4 Å². The highest BCUT2D eigenvalue weighted by Crippen LogP contribution is 2.38. The first-order valence-corrected chi connectivity index (χ1v) is 28.5. The molecule has 2 saturated heterocycles. The van der Waals surface area contributed by atoms with E-state index in [9.17, 15) is 63.8 Å². The number of fused-ring (bicyclic) bond motifs is 2. The molecule has 442 valence electrons. The quantitative estimate of drug-likeness (QED) is 0.0603. The molecule has 4 rings (SSSR count). The summed E-state index contributed by atoms with van der Waals surface area (Å²) in [5, 5.41) is 76.4. The lowest BCUT2D eigenvalue weighted by Crippen LogP contribution is -2.65. The number of aliphatic hydroxyl groups is 5. The number of cyclic esters (lactones) is 1. The molecule has 0 radical (unpaired) electrons. The fourth-order valence-corrected chi connectivity index (χ4v) is 10.8. The van der Waals surface area contributed by atoms with E-state index in [1.165, 1.54) is 24.1 Å². The molecule has 12 unspecified atom stereocenters. The Labute approximate surface area is 466 Å². The third-order valence-corrected chi connectivity index (χ3v) is 16.5. The number of phenolic OH excluding ortho intramolecular Hbond substituents is 1. The Balaban J connectivity index is 1.54. The smallest absolute Gasteiger partial charge is 0.325 e. The van der Waals surface area contributed by atoms with Gasteiger partial charge in [0.05, 0.1) is 30.3 Å². The fraction of sp³-hybridized carbons (Fsp3) is 0.667. The van der Waals surface area contributed by atoms with E-state index >= 15 is 0 Å². The molecule has 2 fully saturated rings. The summed E-state index contributed by atoms with van der Waals surface area (Å²) < 4.78 is 20.7. The zero-order valence-corrected chi connectivity index (χ0v) is 48.1. The molecule has 0 saturated carbocycles. The topological polar surface area (TPSA) is 284 Å². The molecule has 19 heteroatoms. The number of nitrogens with zero attached hydrogens (tertiary/aromatic N) is 1. The molecule has 18 nitrogen and oxygen atoms in total. The number of ketones is 1. The Morgan fingerprint density at radius 2 is 1.65 bits per heavy atom. The average molecular weight is 1110 g/mol. The van der Waals surface area contributed by atoms with Crippen LogP contribution in [0.2, 0.25) is 0 Å². The molecule has 3 aliphatic heterocycles. The monoisotopic (exact) mass is 1110 g/mol. The third kappa shape index (κ3) is 19.2. The van der Waals surface area contributed by atoms with Crippen molar-refractivity contribution in [3.05, 3.63) is 77.7 Å². The van der Waals surface area contributed by atoms with Gasteiger partial charge in [-0.15, -0.1) is 0 Å². The van der Waals surface area contributed by atoms with Crippen LogP contribution in [0.3, 0.4) is 0 Å². The van der Waals surface area contributed by atoms with Crippen molar-refractivity contribution in [2.45, 2.75) is 201 Å². The predicted octanol–water partition coefficient (Wildman–Crippen LogP) is 5.53. The van der Waals surface area contributed by atoms with Crippen molar-refractivity contribution in [3.63, 3.8) is 0 Å². The average Bonchev–Trinajstić information content (AvgIpc) is 3.44. The zero-order chi connectivity index (χ0) is 58.9. The largest absolute Gasteiger partial charge is 0.508 e. The second-order valence-electron chi connectivity index (χ2n) is 23.1. The van der Waals surface area contributed by atoms with Crippen LogP contribution >= 0.6 is 0 Å². The summed E-state index contributed by atoms with van der Waals surface area (Å²) in [6.45, 7) is 17.6. The van der Waals surface area contributed by atoms with Gasteiger partial charge in [0, 0.05) is 55.5 Å². The highest BCUT2D eigenvalue weighted by Gasteiger charge is 2.49. The van der Waals surface area contributed by atoms with Crippen LogP contribution in [0.1, 0.15) is 145 Å². The number of esters is 1. The van der Waals surface area contributed by atoms with Gasteiger partial charge < -0.3 is 56.1 Å². The molecule has 0 aromatic heterocycles. The Hall–Kier alpha value is -5.31. The second-order valence-corrected chi connectivity index (χ2v) is 23.1. The summed E-state index contributed by atoms with van der Waals surface area (Å²) in [6.07, 6.45) is 10.7. The minimum atomic E-state index is -1.54.